The van der Waals surface area contributed by atoms with Crippen LogP contribution in [0.25, 0.3) is 0 Å². The molecule has 3 rings (SSSR count). The van der Waals surface area contributed by atoms with Crippen molar-refractivity contribution in [3.8, 4) is 0 Å². The maximum Gasteiger partial charge on any atom is 0.191 e. The Bertz CT molecular complexity index is 638. The van der Waals surface area contributed by atoms with Crippen molar-refractivity contribution in [2.45, 2.75) is 58.2 Å². The molecule has 2 N–H and O–H groups in total. The summed E-state index contributed by atoms with van der Waals surface area (Å²) < 4.78 is 11.3. The first-order valence-electron chi connectivity index (χ1n) is 11.7. The van der Waals surface area contributed by atoms with E-state index in [1.54, 1.807) is 0 Å². The van der Waals surface area contributed by atoms with E-state index in [0.29, 0.717) is 6.10 Å². The van der Waals surface area contributed by atoms with E-state index in [4.69, 9.17) is 9.47 Å². The number of rotatable bonds is 10. The van der Waals surface area contributed by atoms with E-state index in [1.807, 2.05) is 7.05 Å². The van der Waals surface area contributed by atoms with Gasteiger partial charge in [0.15, 0.2) is 5.96 Å². The van der Waals surface area contributed by atoms with Crippen molar-refractivity contribution < 1.29 is 9.47 Å². The van der Waals surface area contributed by atoms with Gasteiger partial charge in [0.05, 0.1) is 12.7 Å². The molecule has 2 heterocycles. The lowest BCUT2D eigenvalue weighted by Crippen LogP contribution is -2.38. The molecule has 1 unspecified atom stereocenters. The molecule has 2 aliphatic heterocycles. The Hall–Kier alpha value is -1.63. The minimum absolute atomic E-state index is 0.306. The Morgan fingerprint density at radius 1 is 1.17 bits per heavy atom. The van der Waals surface area contributed by atoms with Crippen LogP contribution in [0.1, 0.15) is 50.2 Å². The van der Waals surface area contributed by atoms with E-state index in [2.05, 4.69) is 51.7 Å². The predicted octanol–water partition coefficient (Wildman–Crippen LogP) is 3.17. The topological polar surface area (TPSA) is 58.1 Å². The fourth-order valence-corrected chi connectivity index (χ4v) is 4.12. The number of nitrogens with zero attached hydrogens (tertiary/aromatic N) is 2. The number of guanidine groups is 1. The smallest absolute Gasteiger partial charge is 0.191 e. The number of likely N-dealkylation sites (tertiary alicyclic amines) is 1. The van der Waals surface area contributed by atoms with Gasteiger partial charge in [-0.2, -0.15) is 0 Å². The Labute approximate surface area is 182 Å². The molecule has 0 amide bonds. The van der Waals surface area contributed by atoms with Crippen molar-refractivity contribution in [2.24, 2.45) is 10.9 Å². The van der Waals surface area contributed by atoms with Crippen molar-refractivity contribution in [3.05, 3.63) is 35.4 Å². The van der Waals surface area contributed by atoms with Gasteiger partial charge < -0.3 is 20.1 Å². The largest absolute Gasteiger partial charge is 0.379 e. The van der Waals surface area contributed by atoms with Crippen LogP contribution < -0.4 is 10.6 Å². The van der Waals surface area contributed by atoms with E-state index in [1.165, 1.54) is 37.1 Å². The van der Waals surface area contributed by atoms with Gasteiger partial charge >= 0.3 is 0 Å². The highest BCUT2D eigenvalue weighted by Gasteiger charge is 2.17. The monoisotopic (exact) mass is 416 g/mol. The van der Waals surface area contributed by atoms with Crippen molar-refractivity contribution in [1.82, 2.24) is 15.5 Å². The molecule has 0 spiro atoms. The molecule has 0 bridgehead atoms. The van der Waals surface area contributed by atoms with E-state index >= 15 is 0 Å². The first-order chi connectivity index (χ1) is 14.7. The van der Waals surface area contributed by atoms with Crippen LogP contribution in [-0.4, -0.2) is 63.5 Å². The SMILES string of the molecule is CN=C(NCCCOCC1CCCO1)NCc1ccccc1CN1CCC(C)CC1. The van der Waals surface area contributed by atoms with E-state index in [0.717, 1.165) is 70.6 Å². The highest BCUT2D eigenvalue weighted by atomic mass is 16.5. The molecule has 2 saturated heterocycles. The molecule has 1 aromatic carbocycles. The van der Waals surface area contributed by atoms with E-state index in [-0.39, 0.29) is 0 Å². The number of hydrogen-bond acceptors (Lipinski definition) is 4. The average molecular weight is 417 g/mol. The summed E-state index contributed by atoms with van der Waals surface area (Å²) in [7, 11) is 1.82. The zero-order chi connectivity index (χ0) is 21.0. The third-order valence-corrected chi connectivity index (χ3v) is 6.14. The number of ether oxygens (including phenoxy) is 2. The van der Waals surface area contributed by atoms with Crippen molar-refractivity contribution in [2.75, 3.05) is 46.5 Å². The molecule has 2 fully saturated rings. The average Bonchev–Trinajstić information content (AvgIpc) is 3.29. The zero-order valence-corrected chi connectivity index (χ0v) is 18.9. The molecule has 168 valence electrons. The second-order valence-corrected chi connectivity index (χ2v) is 8.64. The molecule has 1 aromatic rings. The van der Waals surface area contributed by atoms with Gasteiger partial charge in [0.25, 0.3) is 0 Å². The van der Waals surface area contributed by atoms with Crippen LogP contribution in [0.2, 0.25) is 0 Å². The summed E-state index contributed by atoms with van der Waals surface area (Å²) in [6, 6.07) is 8.76. The lowest BCUT2D eigenvalue weighted by atomic mass is 9.98. The second kappa shape index (κ2) is 12.9. The van der Waals surface area contributed by atoms with Gasteiger partial charge in [0, 0.05) is 39.9 Å². The summed E-state index contributed by atoms with van der Waals surface area (Å²) in [5, 5.41) is 6.86. The van der Waals surface area contributed by atoms with E-state index < -0.39 is 0 Å². The minimum Gasteiger partial charge on any atom is -0.379 e. The van der Waals surface area contributed by atoms with E-state index in [9.17, 15) is 0 Å². The van der Waals surface area contributed by atoms with Gasteiger partial charge in [0.1, 0.15) is 0 Å². The Balaban J connectivity index is 1.35. The molecule has 2 aliphatic rings. The number of nitrogens with one attached hydrogen (secondary N) is 2. The van der Waals surface area contributed by atoms with Crippen LogP contribution >= 0.6 is 0 Å². The molecule has 6 nitrogen and oxygen atoms in total. The van der Waals surface area contributed by atoms with Crippen LogP contribution in [0.5, 0.6) is 0 Å². The summed E-state index contributed by atoms with van der Waals surface area (Å²) in [6.07, 6.45) is 6.19. The predicted molar refractivity (Wildman–Crippen MR) is 123 cm³/mol. The van der Waals surface area contributed by atoms with Gasteiger partial charge in [-0.1, -0.05) is 31.2 Å². The highest BCUT2D eigenvalue weighted by molar-refractivity contribution is 5.79. The fourth-order valence-electron chi connectivity index (χ4n) is 4.12. The molecular formula is C24H40N4O2. The number of benzene rings is 1. The van der Waals surface area contributed by atoms with Gasteiger partial charge in [-0.05, 0) is 62.2 Å². The number of piperidine rings is 1. The molecule has 0 saturated carbocycles. The number of aliphatic imine (C=N–C) groups is 1. The lowest BCUT2D eigenvalue weighted by molar-refractivity contribution is 0.0168. The highest BCUT2D eigenvalue weighted by Crippen LogP contribution is 2.19. The maximum absolute atomic E-state index is 5.73. The van der Waals surface area contributed by atoms with Gasteiger partial charge in [-0.25, -0.2) is 0 Å². The summed E-state index contributed by atoms with van der Waals surface area (Å²) in [4.78, 5) is 6.95. The Kier molecular flexibility index (Phi) is 9.93. The first kappa shape index (κ1) is 23.0. The second-order valence-electron chi connectivity index (χ2n) is 8.64. The molecule has 1 atom stereocenters. The Morgan fingerprint density at radius 2 is 1.97 bits per heavy atom. The van der Waals surface area contributed by atoms with Crippen LogP contribution in [0.3, 0.4) is 0 Å². The molecular weight excluding hydrogens is 376 g/mol. The van der Waals surface area contributed by atoms with Gasteiger partial charge in [0.2, 0.25) is 0 Å². The molecule has 30 heavy (non-hydrogen) atoms. The lowest BCUT2D eigenvalue weighted by Gasteiger charge is -2.30. The van der Waals surface area contributed by atoms with Crippen LogP contribution in [0, 0.1) is 5.92 Å². The summed E-state index contributed by atoms with van der Waals surface area (Å²) in [5.74, 6) is 1.71. The standard InChI is InChI=1S/C24H40N4O2/c1-20-10-13-28(14-11-20)18-22-8-4-3-7-21(22)17-27-24(25-2)26-12-6-15-29-19-23-9-5-16-30-23/h3-4,7-8,20,23H,5-6,9-19H2,1-2H3,(H2,25,26,27). The summed E-state index contributed by atoms with van der Waals surface area (Å²) >= 11 is 0. The summed E-state index contributed by atoms with van der Waals surface area (Å²) in [5.41, 5.74) is 2.76. The normalized spacial score (nSPS) is 21.1. The van der Waals surface area contributed by atoms with Crippen LogP contribution in [0.4, 0.5) is 0 Å². The van der Waals surface area contributed by atoms with Gasteiger partial charge in [-0.3, -0.25) is 9.89 Å². The minimum atomic E-state index is 0.306. The molecule has 0 aliphatic carbocycles. The zero-order valence-electron chi connectivity index (χ0n) is 18.9. The van der Waals surface area contributed by atoms with Crippen LogP contribution in [0.15, 0.2) is 29.3 Å². The molecule has 0 radical (unpaired) electrons. The third kappa shape index (κ3) is 7.89. The molecule has 0 aromatic heterocycles. The van der Waals surface area contributed by atoms with Gasteiger partial charge in [-0.15, -0.1) is 0 Å². The van der Waals surface area contributed by atoms with Crippen molar-refractivity contribution >= 4 is 5.96 Å². The first-order valence-corrected chi connectivity index (χ1v) is 11.7. The Morgan fingerprint density at radius 3 is 2.70 bits per heavy atom. The quantitative estimate of drug-likeness (QED) is 0.349. The van der Waals surface area contributed by atoms with Crippen molar-refractivity contribution in [1.29, 1.82) is 0 Å². The fraction of sp³-hybridized carbons (Fsp3) is 0.708. The van der Waals surface area contributed by atoms with Crippen LogP contribution in [-0.2, 0) is 22.6 Å². The number of hydrogen-bond donors (Lipinski definition) is 2. The molecule has 6 heteroatoms. The summed E-state index contributed by atoms with van der Waals surface area (Å²) in [6.45, 7) is 9.82. The van der Waals surface area contributed by atoms with Crippen molar-refractivity contribution in [3.63, 3.8) is 0 Å². The third-order valence-electron chi connectivity index (χ3n) is 6.14. The maximum atomic E-state index is 5.73.